The number of amides is 1. The monoisotopic (exact) mass is 474 g/mol. The predicted octanol–water partition coefficient (Wildman–Crippen LogP) is 1.81. The average Bonchev–Trinajstić information content (AvgIpc) is 3.36. The SMILES string of the molecule is COc1ccc(S(=O)(=O)Nc2cc(C(=O)NCC3CCCO3)ccc2N2CCNCC2)cc1. The highest BCUT2D eigenvalue weighted by molar-refractivity contribution is 7.92. The zero-order valence-corrected chi connectivity index (χ0v) is 19.5. The summed E-state index contributed by atoms with van der Waals surface area (Å²) in [4.78, 5) is 15.0. The molecule has 33 heavy (non-hydrogen) atoms. The molecule has 9 nitrogen and oxygen atoms in total. The van der Waals surface area contributed by atoms with Gasteiger partial charge in [-0.1, -0.05) is 0 Å². The lowest BCUT2D eigenvalue weighted by molar-refractivity contribution is 0.0858. The fourth-order valence-corrected chi connectivity index (χ4v) is 5.08. The van der Waals surface area contributed by atoms with Crippen LogP contribution < -0.4 is 25.0 Å². The van der Waals surface area contributed by atoms with Crippen molar-refractivity contribution < 1.29 is 22.7 Å². The van der Waals surface area contributed by atoms with Crippen molar-refractivity contribution in [3.63, 3.8) is 0 Å². The van der Waals surface area contributed by atoms with Gasteiger partial charge < -0.3 is 25.0 Å². The van der Waals surface area contributed by atoms with Gasteiger partial charge in [-0.05, 0) is 55.3 Å². The van der Waals surface area contributed by atoms with Gasteiger partial charge in [0.15, 0.2) is 0 Å². The molecule has 2 heterocycles. The van der Waals surface area contributed by atoms with E-state index in [0.717, 1.165) is 51.3 Å². The van der Waals surface area contributed by atoms with Crippen LogP contribution in [0.2, 0.25) is 0 Å². The summed E-state index contributed by atoms with van der Waals surface area (Å²) in [7, 11) is -2.34. The van der Waals surface area contributed by atoms with E-state index in [9.17, 15) is 13.2 Å². The molecule has 3 N–H and O–H groups in total. The van der Waals surface area contributed by atoms with Crippen LogP contribution in [0, 0.1) is 0 Å². The molecule has 1 atom stereocenters. The van der Waals surface area contributed by atoms with Crippen molar-refractivity contribution in [2.24, 2.45) is 0 Å². The molecule has 2 saturated heterocycles. The van der Waals surface area contributed by atoms with Crippen LogP contribution in [-0.2, 0) is 14.8 Å². The van der Waals surface area contributed by atoms with Gasteiger partial charge in [0.25, 0.3) is 15.9 Å². The first kappa shape index (κ1) is 23.3. The highest BCUT2D eigenvalue weighted by Gasteiger charge is 2.22. The molecule has 0 radical (unpaired) electrons. The third-order valence-electron chi connectivity index (χ3n) is 5.84. The zero-order valence-electron chi connectivity index (χ0n) is 18.7. The van der Waals surface area contributed by atoms with E-state index in [1.54, 1.807) is 30.3 Å². The Morgan fingerprint density at radius 1 is 1.18 bits per heavy atom. The van der Waals surface area contributed by atoms with E-state index in [2.05, 4.69) is 20.3 Å². The third kappa shape index (κ3) is 5.76. The Morgan fingerprint density at radius 3 is 2.61 bits per heavy atom. The minimum absolute atomic E-state index is 0.0297. The first-order valence-electron chi connectivity index (χ1n) is 11.1. The van der Waals surface area contributed by atoms with Crippen molar-refractivity contribution in [3.05, 3.63) is 48.0 Å². The zero-order chi connectivity index (χ0) is 23.3. The second-order valence-electron chi connectivity index (χ2n) is 8.10. The highest BCUT2D eigenvalue weighted by Crippen LogP contribution is 2.30. The topological polar surface area (TPSA) is 109 Å². The quantitative estimate of drug-likeness (QED) is 0.535. The number of ether oxygens (including phenoxy) is 2. The molecule has 2 aromatic rings. The Kier molecular flexibility index (Phi) is 7.36. The summed E-state index contributed by atoms with van der Waals surface area (Å²) in [5.74, 6) is 0.308. The van der Waals surface area contributed by atoms with Crippen molar-refractivity contribution in [1.82, 2.24) is 10.6 Å². The fourth-order valence-electron chi connectivity index (χ4n) is 4.01. The number of methoxy groups -OCH3 is 1. The van der Waals surface area contributed by atoms with Crippen molar-refractivity contribution in [1.29, 1.82) is 0 Å². The predicted molar refractivity (Wildman–Crippen MR) is 127 cm³/mol. The second kappa shape index (κ2) is 10.4. The normalized spacial score (nSPS) is 18.7. The summed E-state index contributed by atoms with van der Waals surface area (Å²) in [6.07, 6.45) is 1.95. The molecule has 0 aromatic heterocycles. The maximum absolute atomic E-state index is 13.1. The van der Waals surface area contributed by atoms with Crippen LogP contribution in [0.1, 0.15) is 23.2 Å². The molecule has 0 bridgehead atoms. The molecular weight excluding hydrogens is 444 g/mol. The van der Waals surface area contributed by atoms with Crippen molar-refractivity contribution in [2.75, 3.05) is 56.1 Å². The molecule has 178 valence electrons. The van der Waals surface area contributed by atoms with Crippen LogP contribution in [0.4, 0.5) is 11.4 Å². The average molecular weight is 475 g/mol. The summed E-state index contributed by atoms with van der Waals surface area (Å²) in [6.45, 7) is 4.23. The number of carbonyl (C=O) groups excluding carboxylic acids is 1. The van der Waals surface area contributed by atoms with Gasteiger partial charge in [-0.2, -0.15) is 0 Å². The molecule has 2 aliphatic heterocycles. The van der Waals surface area contributed by atoms with Crippen LogP contribution in [0.5, 0.6) is 5.75 Å². The van der Waals surface area contributed by atoms with E-state index in [1.165, 1.54) is 19.2 Å². The number of hydrogen-bond donors (Lipinski definition) is 3. The van der Waals surface area contributed by atoms with E-state index >= 15 is 0 Å². The van der Waals surface area contributed by atoms with Gasteiger partial charge in [-0.3, -0.25) is 9.52 Å². The number of nitrogens with zero attached hydrogens (tertiary/aromatic N) is 1. The van der Waals surface area contributed by atoms with Gasteiger partial charge >= 0.3 is 0 Å². The number of hydrogen-bond acceptors (Lipinski definition) is 7. The van der Waals surface area contributed by atoms with Crippen molar-refractivity contribution in [3.8, 4) is 5.75 Å². The lowest BCUT2D eigenvalue weighted by Crippen LogP contribution is -2.43. The number of anilines is 2. The van der Waals surface area contributed by atoms with Gasteiger partial charge in [0.2, 0.25) is 0 Å². The minimum Gasteiger partial charge on any atom is -0.497 e. The molecule has 2 fully saturated rings. The molecule has 2 aliphatic rings. The smallest absolute Gasteiger partial charge is 0.261 e. The highest BCUT2D eigenvalue weighted by atomic mass is 32.2. The largest absolute Gasteiger partial charge is 0.497 e. The van der Waals surface area contributed by atoms with Crippen molar-refractivity contribution >= 4 is 27.3 Å². The summed E-state index contributed by atoms with van der Waals surface area (Å²) in [6, 6.07) is 11.3. The number of sulfonamides is 1. The van der Waals surface area contributed by atoms with Crippen LogP contribution in [-0.4, -0.2) is 66.9 Å². The Labute approximate surface area is 194 Å². The lowest BCUT2D eigenvalue weighted by Gasteiger charge is -2.31. The molecule has 0 saturated carbocycles. The number of carbonyl (C=O) groups is 1. The molecule has 4 rings (SSSR count). The summed E-state index contributed by atoms with van der Waals surface area (Å²) >= 11 is 0. The molecule has 2 aromatic carbocycles. The first-order valence-corrected chi connectivity index (χ1v) is 12.6. The molecular formula is C23H30N4O5S. The van der Waals surface area contributed by atoms with E-state index in [-0.39, 0.29) is 16.9 Å². The van der Waals surface area contributed by atoms with Crippen LogP contribution >= 0.6 is 0 Å². The minimum atomic E-state index is -3.87. The van der Waals surface area contributed by atoms with Crippen LogP contribution in [0.15, 0.2) is 47.4 Å². The van der Waals surface area contributed by atoms with Gasteiger partial charge in [0, 0.05) is 44.9 Å². The van der Waals surface area contributed by atoms with E-state index in [4.69, 9.17) is 9.47 Å². The van der Waals surface area contributed by atoms with Gasteiger partial charge in [-0.25, -0.2) is 8.42 Å². The van der Waals surface area contributed by atoms with E-state index < -0.39 is 10.0 Å². The molecule has 10 heteroatoms. The fraction of sp³-hybridized carbons (Fsp3) is 0.435. The van der Waals surface area contributed by atoms with E-state index in [0.29, 0.717) is 23.5 Å². The molecule has 0 aliphatic carbocycles. The standard InChI is InChI=1S/C23H30N4O5S/c1-31-18-5-7-20(8-6-18)33(29,30)26-21-15-17(23(28)25-16-19-3-2-14-32-19)4-9-22(21)27-12-10-24-11-13-27/h4-9,15,19,24,26H,2-3,10-14,16H2,1H3,(H,25,28). The van der Waals surface area contributed by atoms with E-state index in [1.807, 2.05) is 0 Å². The first-order chi connectivity index (χ1) is 16.0. The third-order valence-corrected chi connectivity index (χ3v) is 7.23. The lowest BCUT2D eigenvalue weighted by atomic mass is 10.1. The Bertz CT molecular complexity index is 1060. The Balaban J connectivity index is 1.59. The molecule has 1 unspecified atom stereocenters. The number of nitrogens with one attached hydrogen (secondary N) is 3. The number of rotatable bonds is 8. The van der Waals surface area contributed by atoms with Crippen LogP contribution in [0.3, 0.4) is 0 Å². The Morgan fingerprint density at radius 2 is 1.94 bits per heavy atom. The van der Waals surface area contributed by atoms with Gasteiger partial charge in [0.05, 0.1) is 29.5 Å². The molecule has 1 amide bonds. The number of piperazine rings is 1. The molecule has 0 spiro atoms. The van der Waals surface area contributed by atoms with Gasteiger partial charge in [0.1, 0.15) is 5.75 Å². The summed E-state index contributed by atoms with van der Waals surface area (Å²) < 4.78 is 39.6. The van der Waals surface area contributed by atoms with Crippen molar-refractivity contribution in [2.45, 2.75) is 23.8 Å². The maximum atomic E-state index is 13.1. The number of benzene rings is 2. The summed E-state index contributed by atoms with van der Waals surface area (Å²) in [5.41, 5.74) is 1.50. The van der Waals surface area contributed by atoms with Crippen LogP contribution in [0.25, 0.3) is 0 Å². The Hall–Kier alpha value is -2.82. The summed E-state index contributed by atoms with van der Waals surface area (Å²) in [5, 5.41) is 6.19. The second-order valence-corrected chi connectivity index (χ2v) is 9.78. The maximum Gasteiger partial charge on any atom is 0.261 e. The van der Waals surface area contributed by atoms with Gasteiger partial charge in [-0.15, -0.1) is 0 Å².